The quantitative estimate of drug-likeness (QED) is 0.805. The van der Waals surface area contributed by atoms with Gasteiger partial charge in [0.25, 0.3) is 5.91 Å². The van der Waals surface area contributed by atoms with E-state index in [0.29, 0.717) is 31.1 Å². The van der Waals surface area contributed by atoms with Crippen molar-refractivity contribution in [1.82, 2.24) is 14.7 Å². The van der Waals surface area contributed by atoms with Crippen LogP contribution in [0, 0.1) is 0 Å². The maximum atomic E-state index is 12.8. The third-order valence-electron chi connectivity index (χ3n) is 4.52. The summed E-state index contributed by atoms with van der Waals surface area (Å²) in [5, 5.41) is 4.28. The topological polar surface area (TPSA) is 64.4 Å². The Morgan fingerprint density at radius 1 is 1.16 bits per heavy atom. The van der Waals surface area contributed by atoms with Crippen molar-refractivity contribution in [3.63, 3.8) is 0 Å². The Bertz CT molecular complexity index is 778. The number of carbonyl (C=O) groups excluding carboxylic acids is 2. The average Bonchev–Trinajstić information content (AvgIpc) is 2.92. The van der Waals surface area contributed by atoms with Gasteiger partial charge in [-0.05, 0) is 36.1 Å². The fourth-order valence-electron chi connectivity index (χ4n) is 3.03. The first-order valence-corrected chi connectivity index (χ1v) is 8.54. The molecule has 6 nitrogen and oxygen atoms in total. The number of methoxy groups -OCH3 is 1. The Hall–Kier alpha value is -2.63. The number of esters is 1. The molecule has 0 radical (unpaired) electrons. The van der Waals surface area contributed by atoms with Gasteiger partial charge in [-0.3, -0.25) is 9.48 Å². The number of amides is 1. The van der Waals surface area contributed by atoms with E-state index in [2.05, 4.69) is 18.9 Å². The second-order valence-electron chi connectivity index (χ2n) is 6.59. The van der Waals surface area contributed by atoms with Gasteiger partial charge < -0.3 is 9.64 Å². The number of nitrogens with zero attached hydrogens (tertiary/aromatic N) is 3. The van der Waals surface area contributed by atoms with Gasteiger partial charge in [0.05, 0.1) is 19.3 Å². The molecule has 6 heteroatoms. The highest BCUT2D eigenvalue weighted by Gasteiger charge is 2.23. The molecule has 0 bridgehead atoms. The van der Waals surface area contributed by atoms with Crippen LogP contribution in [0.2, 0.25) is 0 Å². The Morgan fingerprint density at radius 3 is 2.52 bits per heavy atom. The van der Waals surface area contributed by atoms with Crippen LogP contribution in [0.25, 0.3) is 0 Å². The molecule has 1 amide bonds. The number of hydrogen-bond acceptors (Lipinski definition) is 4. The first-order valence-electron chi connectivity index (χ1n) is 8.54. The third kappa shape index (κ3) is 3.57. The largest absolute Gasteiger partial charge is 0.464 e. The van der Waals surface area contributed by atoms with Crippen LogP contribution in [0.5, 0.6) is 0 Å². The highest BCUT2D eigenvalue weighted by atomic mass is 16.5. The van der Waals surface area contributed by atoms with E-state index >= 15 is 0 Å². The molecular formula is C19H23N3O3. The molecule has 0 unspecified atom stereocenters. The van der Waals surface area contributed by atoms with Gasteiger partial charge in [0.15, 0.2) is 5.69 Å². The molecular weight excluding hydrogens is 318 g/mol. The first-order chi connectivity index (χ1) is 12.0. The lowest BCUT2D eigenvalue weighted by Crippen LogP contribution is -2.30. The van der Waals surface area contributed by atoms with Crippen LogP contribution in [0.1, 0.15) is 58.3 Å². The summed E-state index contributed by atoms with van der Waals surface area (Å²) >= 11 is 0. The molecule has 1 aromatic heterocycles. The number of carbonyl (C=O) groups is 2. The normalized spacial score (nSPS) is 14.2. The van der Waals surface area contributed by atoms with Gasteiger partial charge in [0.1, 0.15) is 0 Å². The SMILES string of the molecule is COC(=O)c1cc2n(n1)CCCN(C(=O)c1ccc(C(C)C)cc1)C2. The highest BCUT2D eigenvalue weighted by Crippen LogP contribution is 2.19. The van der Waals surface area contributed by atoms with Crippen LogP contribution in [-0.4, -0.2) is 40.2 Å². The molecule has 3 rings (SSSR count). The maximum absolute atomic E-state index is 12.8. The van der Waals surface area contributed by atoms with Gasteiger partial charge in [-0.2, -0.15) is 5.10 Å². The minimum Gasteiger partial charge on any atom is -0.464 e. The first kappa shape index (κ1) is 17.2. The van der Waals surface area contributed by atoms with E-state index in [1.807, 2.05) is 29.2 Å². The zero-order chi connectivity index (χ0) is 18.0. The van der Waals surface area contributed by atoms with Gasteiger partial charge in [-0.25, -0.2) is 4.79 Å². The van der Waals surface area contributed by atoms with Crippen LogP contribution < -0.4 is 0 Å². The number of fused-ring (bicyclic) bond motifs is 1. The zero-order valence-corrected chi connectivity index (χ0v) is 14.9. The summed E-state index contributed by atoms with van der Waals surface area (Å²) in [6.07, 6.45) is 0.797. The van der Waals surface area contributed by atoms with Gasteiger partial charge in [0, 0.05) is 18.7 Å². The van der Waals surface area contributed by atoms with E-state index in [-0.39, 0.29) is 11.6 Å². The van der Waals surface area contributed by atoms with Gasteiger partial charge in [-0.15, -0.1) is 0 Å². The van der Waals surface area contributed by atoms with E-state index in [4.69, 9.17) is 4.74 Å². The summed E-state index contributed by atoms with van der Waals surface area (Å²) < 4.78 is 6.52. The summed E-state index contributed by atoms with van der Waals surface area (Å²) in [7, 11) is 1.34. The second-order valence-corrected chi connectivity index (χ2v) is 6.59. The lowest BCUT2D eigenvalue weighted by Gasteiger charge is -2.20. The smallest absolute Gasteiger partial charge is 0.358 e. The summed E-state index contributed by atoms with van der Waals surface area (Å²) in [5.41, 5.74) is 3.04. The highest BCUT2D eigenvalue weighted by molar-refractivity contribution is 5.94. The van der Waals surface area contributed by atoms with Crippen molar-refractivity contribution in [2.75, 3.05) is 13.7 Å². The molecule has 0 saturated carbocycles. The number of hydrogen-bond donors (Lipinski definition) is 0. The number of benzene rings is 1. The predicted octanol–water partition coefficient (Wildman–Crippen LogP) is 2.84. The van der Waals surface area contributed by atoms with Gasteiger partial charge in [-0.1, -0.05) is 26.0 Å². The fraction of sp³-hybridized carbons (Fsp3) is 0.421. The molecule has 25 heavy (non-hydrogen) atoms. The van der Waals surface area contributed by atoms with E-state index < -0.39 is 5.97 Å². The van der Waals surface area contributed by atoms with Crippen molar-refractivity contribution in [2.24, 2.45) is 0 Å². The molecule has 2 heterocycles. The van der Waals surface area contributed by atoms with E-state index in [9.17, 15) is 9.59 Å². The maximum Gasteiger partial charge on any atom is 0.358 e. The van der Waals surface area contributed by atoms with Crippen LogP contribution in [0.3, 0.4) is 0 Å². The van der Waals surface area contributed by atoms with Crippen molar-refractivity contribution >= 4 is 11.9 Å². The van der Waals surface area contributed by atoms with Crippen LogP contribution in [0.15, 0.2) is 30.3 Å². The average molecular weight is 341 g/mol. The monoisotopic (exact) mass is 341 g/mol. The Labute approximate surface area is 147 Å². The Balaban J connectivity index is 1.79. The lowest BCUT2D eigenvalue weighted by molar-refractivity contribution is 0.0593. The Morgan fingerprint density at radius 2 is 1.88 bits per heavy atom. The fourth-order valence-corrected chi connectivity index (χ4v) is 3.03. The third-order valence-corrected chi connectivity index (χ3v) is 4.52. The lowest BCUT2D eigenvalue weighted by atomic mass is 10.0. The van der Waals surface area contributed by atoms with Crippen molar-refractivity contribution in [3.05, 3.63) is 52.8 Å². The van der Waals surface area contributed by atoms with E-state index in [0.717, 1.165) is 12.1 Å². The number of ether oxygens (including phenoxy) is 1. The van der Waals surface area contributed by atoms with Crippen LogP contribution >= 0.6 is 0 Å². The number of rotatable bonds is 3. The van der Waals surface area contributed by atoms with E-state index in [1.165, 1.54) is 12.7 Å². The molecule has 1 aromatic carbocycles. The molecule has 0 fully saturated rings. The number of aryl methyl sites for hydroxylation is 1. The predicted molar refractivity (Wildman–Crippen MR) is 93.5 cm³/mol. The minimum atomic E-state index is -0.456. The molecule has 0 aliphatic carbocycles. The number of aromatic nitrogens is 2. The summed E-state index contributed by atoms with van der Waals surface area (Å²) in [5.74, 6) is -0.0132. The summed E-state index contributed by atoms with van der Waals surface area (Å²) in [6.45, 7) is 6.05. The molecule has 1 aliphatic rings. The standard InChI is InChI=1S/C19H23N3O3/c1-13(2)14-5-7-15(8-6-14)18(23)21-9-4-10-22-16(12-21)11-17(20-22)19(24)25-3/h5-8,11,13H,4,9-10,12H2,1-3H3. The molecule has 0 spiro atoms. The van der Waals surface area contributed by atoms with Crippen LogP contribution in [-0.2, 0) is 17.8 Å². The zero-order valence-electron chi connectivity index (χ0n) is 14.9. The molecule has 0 N–H and O–H groups in total. The van der Waals surface area contributed by atoms with Crippen LogP contribution in [0.4, 0.5) is 0 Å². The molecule has 0 atom stereocenters. The van der Waals surface area contributed by atoms with Crippen molar-refractivity contribution in [3.8, 4) is 0 Å². The van der Waals surface area contributed by atoms with Gasteiger partial charge in [0.2, 0.25) is 0 Å². The van der Waals surface area contributed by atoms with Crippen molar-refractivity contribution < 1.29 is 14.3 Å². The molecule has 2 aromatic rings. The summed E-state index contributed by atoms with van der Waals surface area (Å²) in [6, 6.07) is 9.50. The Kier molecular flexibility index (Phi) is 4.88. The summed E-state index contributed by atoms with van der Waals surface area (Å²) in [4.78, 5) is 26.3. The van der Waals surface area contributed by atoms with Crippen molar-refractivity contribution in [1.29, 1.82) is 0 Å². The van der Waals surface area contributed by atoms with Crippen molar-refractivity contribution in [2.45, 2.75) is 39.3 Å². The molecule has 1 aliphatic heterocycles. The minimum absolute atomic E-state index is 0.00424. The molecule has 0 saturated heterocycles. The molecule has 132 valence electrons. The second kappa shape index (κ2) is 7.09. The van der Waals surface area contributed by atoms with E-state index in [1.54, 1.807) is 10.7 Å². The van der Waals surface area contributed by atoms with Gasteiger partial charge >= 0.3 is 5.97 Å².